The third-order valence-electron chi connectivity index (χ3n) is 5.85. The van der Waals surface area contributed by atoms with E-state index in [1.165, 1.54) is 12.1 Å². The van der Waals surface area contributed by atoms with E-state index in [4.69, 9.17) is 9.47 Å². The number of benzene rings is 2. The summed E-state index contributed by atoms with van der Waals surface area (Å²) in [6.45, 7) is 5.87. The van der Waals surface area contributed by atoms with Crippen molar-refractivity contribution in [2.45, 2.75) is 44.8 Å². The van der Waals surface area contributed by atoms with Crippen LogP contribution in [-0.4, -0.2) is 36.6 Å². The number of nitrogens with one attached hydrogen (secondary N) is 1. The molecule has 1 saturated heterocycles. The van der Waals surface area contributed by atoms with Gasteiger partial charge in [-0.05, 0) is 68.6 Å². The van der Waals surface area contributed by atoms with E-state index in [1.54, 1.807) is 12.1 Å². The van der Waals surface area contributed by atoms with Crippen molar-refractivity contribution in [3.05, 3.63) is 59.4 Å². The molecule has 2 aliphatic rings. The Balaban J connectivity index is 1.45. The molecule has 5 nitrogen and oxygen atoms in total. The number of carbonyl (C=O) groups is 1. The molecule has 0 aromatic heterocycles. The normalized spacial score (nSPS) is 20.9. The number of halogens is 1. The van der Waals surface area contributed by atoms with Gasteiger partial charge in [-0.2, -0.15) is 0 Å². The molecule has 2 aromatic rings. The number of rotatable bonds is 5. The number of likely N-dealkylation sites (tertiary alicyclic amines) is 1. The van der Waals surface area contributed by atoms with Gasteiger partial charge in [-0.15, -0.1) is 0 Å². The molecule has 2 aromatic carbocycles. The van der Waals surface area contributed by atoms with Gasteiger partial charge in [-0.1, -0.05) is 18.2 Å². The first-order valence-corrected chi connectivity index (χ1v) is 10.2. The second-order valence-corrected chi connectivity index (χ2v) is 7.76. The summed E-state index contributed by atoms with van der Waals surface area (Å²) in [6, 6.07) is 12.1. The summed E-state index contributed by atoms with van der Waals surface area (Å²) in [5, 5.41) is 3.07. The summed E-state index contributed by atoms with van der Waals surface area (Å²) < 4.78 is 24.5. The molecule has 0 spiro atoms. The van der Waals surface area contributed by atoms with E-state index in [-0.39, 0.29) is 29.8 Å². The molecule has 0 bridgehead atoms. The summed E-state index contributed by atoms with van der Waals surface area (Å²) in [6.07, 6.45) is 2.05. The fourth-order valence-electron chi connectivity index (χ4n) is 4.20. The molecule has 1 amide bonds. The van der Waals surface area contributed by atoms with E-state index in [2.05, 4.69) is 16.3 Å². The number of hydrogen-bond donors (Lipinski definition) is 1. The summed E-state index contributed by atoms with van der Waals surface area (Å²) in [4.78, 5) is 15.2. The molecule has 0 unspecified atom stereocenters. The first-order valence-electron chi connectivity index (χ1n) is 10.2. The van der Waals surface area contributed by atoms with Gasteiger partial charge in [-0.3, -0.25) is 9.69 Å². The van der Waals surface area contributed by atoms with Crippen molar-refractivity contribution in [2.24, 2.45) is 0 Å². The quantitative estimate of drug-likeness (QED) is 0.827. The largest absolute Gasteiger partial charge is 0.486 e. The Morgan fingerprint density at radius 1 is 1.10 bits per heavy atom. The lowest BCUT2D eigenvalue weighted by molar-refractivity contribution is -0.126. The molecule has 0 saturated carbocycles. The van der Waals surface area contributed by atoms with Gasteiger partial charge in [0.05, 0.1) is 12.1 Å². The standard InChI is InChI=1S/C23H27FN2O3/c1-15(17-5-8-19(24)9-6-17)25-23(27)16(2)26-11-3-4-20(26)18-7-10-21-22(14-18)29-13-12-28-21/h5-10,14-16,20H,3-4,11-13H2,1-2H3,(H,25,27)/t15-,16+,20+/m0/s1. The molecule has 1 N–H and O–H groups in total. The van der Waals surface area contributed by atoms with E-state index < -0.39 is 0 Å². The molecule has 4 rings (SSSR count). The van der Waals surface area contributed by atoms with Crippen molar-refractivity contribution >= 4 is 5.91 Å². The highest BCUT2D eigenvalue weighted by Gasteiger charge is 2.34. The van der Waals surface area contributed by atoms with E-state index in [1.807, 2.05) is 26.0 Å². The lowest BCUT2D eigenvalue weighted by Crippen LogP contribution is -2.45. The Hall–Kier alpha value is -2.60. The number of fused-ring (bicyclic) bond motifs is 1. The van der Waals surface area contributed by atoms with E-state index >= 15 is 0 Å². The zero-order chi connectivity index (χ0) is 20.4. The zero-order valence-electron chi connectivity index (χ0n) is 16.9. The average molecular weight is 398 g/mol. The van der Waals surface area contributed by atoms with Crippen LogP contribution in [0.2, 0.25) is 0 Å². The molecule has 0 radical (unpaired) electrons. The highest BCUT2D eigenvalue weighted by Crippen LogP contribution is 2.39. The van der Waals surface area contributed by atoms with Gasteiger partial charge >= 0.3 is 0 Å². The van der Waals surface area contributed by atoms with Crippen molar-refractivity contribution in [3.63, 3.8) is 0 Å². The van der Waals surface area contributed by atoms with Gasteiger partial charge < -0.3 is 14.8 Å². The summed E-state index contributed by atoms with van der Waals surface area (Å²) in [5.41, 5.74) is 2.04. The van der Waals surface area contributed by atoms with Crippen LogP contribution in [0.25, 0.3) is 0 Å². The van der Waals surface area contributed by atoms with E-state index in [0.29, 0.717) is 13.2 Å². The van der Waals surface area contributed by atoms with Gasteiger partial charge in [0.2, 0.25) is 5.91 Å². The second-order valence-electron chi connectivity index (χ2n) is 7.76. The van der Waals surface area contributed by atoms with Crippen molar-refractivity contribution in [1.82, 2.24) is 10.2 Å². The summed E-state index contributed by atoms with van der Waals surface area (Å²) in [5.74, 6) is 1.26. The van der Waals surface area contributed by atoms with Crippen LogP contribution in [0.1, 0.15) is 49.9 Å². The van der Waals surface area contributed by atoms with Crippen molar-refractivity contribution in [1.29, 1.82) is 0 Å². The number of nitrogens with zero attached hydrogens (tertiary/aromatic N) is 1. The van der Waals surface area contributed by atoms with Gasteiger partial charge in [0.15, 0.2) is 11.5 Å². The minimum Gasteiger partial charge on any atom is -0.486 e. The average Bonchev–Trinajstić information content (AvgIpc) is 3.23. The molecule has 3 atom stereocenters. The van der Waals surface area contributed by atoms with Crippen LogP contribution in [0.3, 0.4) is 0 Å². The summed E-state index contributed by atoms with van der Waals surface area (Å²) >= 11 is 0. The summed E-state index contributed by atoms with van der Waals surface area (Å²) in [7, 11) is 0. The second kappa shape index (κ2) is 8.41. The fraction of sp³-hybridized carbons (Fsp3) is 0.435. The third-order valence-corrected chi connectivity index (χ3v) is 5.85. The molecule has 2 aliphatic heterocycles. The van der Waals surface area contributed by atoms with Crippen LogP contribution in [0, 0.1) is 5.82 Å². The smallest absolute Gasteiger partial charge is 0.237 e. The maximum atomic E-state index is 13.1. The van der Waals surface area contributed by atoms with Crippen molar-refractivity contribution in [3.8, 4) is 11.5 Å². The highest BCUT2D eigenvalue weighted by molar-refractivity contribution is 5.81. The van der Waals surface area contributed by atoms with Crippen LogP contribution < -0.4 is 14.8 Å². The predicted octanol–water partition coefficient (Wildman–Crippen LogP) is 4.00. The maximum Gasteiger partial charge on any atom is 0.237 e. The van der Waals surface area contributed by atoms with Gasteiger partial charge in [0.25, 0.3) is 0 Å². The van der Waals surface area contributed by atoms with Crippen LogP contribution in [-0.2, 0) is 4.79 Å². The van der Waals surface area contributed by atoms with E-state index in [9.17, 15) is 9.18 Å². The number of amides is 1. The SMILES string of the molecule is C[C@H](NC(=O)[C@@H](C)N1CCC[C@@H]1c1ccc2c(c1)OCCO2)c1ccc(F)cc1. The van der Waals surface area contributed by atoms with Crippen molar-refractivity contribution < 1.29 is 18.7 Å². The van der Waals surface area contributed by atoms with E-state index in [0.717, 1.165) is 42.0 Å². The minimum absolute atomic E-state index is 0.0220. The molecule has 0 aliphatic carbocycles. The molecule has 1 fully saturated rings. The minimum atomic E-state index is -0.278. The molecular formula is C23H27FN2O3. The number of hydrogen-bond acceptors (Lipinski definition) is 4. The van der Waals surface area contributed by atoms with Gasteiger partial charge in [-0.25, -0.2) is 4.39 Å². The molecule has 154 valence electrons. The van der Waals surface area contributed by atoms with Crippen molar-refractivity contribution in [2.75, 3.05) is 19.8 Å². The number of ether oxygens (including phenoxy) is 2. The highest BCUT2D eigenvalue weighted by atomic mass is 19.1. The monoisotopic (exact) mass is 398 g/mol. The third kappa shape index (κ3) is 4.22. The van der Waals surface area contributed by atoms with Crippen LogP contribution in [0.15, 0.2) is 42.5 Å². The topological polar surface area (TPSA) is 50.8 Å². The van der Waals surface area contributed by atoms with Crippen LogP contribution in [0.5, 0.6) is 11.5 Å². The molecular weight excluding hydrogens is 371 g/mol. The number of carbonyl (C=O) groups excluding carboxylic acids is 1. The Morgan fingerprint density at radius 3 is 2.59 bits per heavy atom. The van der Waals surface area contributed by atoms with Gasteiger partial charge in [0.1, 0.15) is 19.0 Å². The zero-order valence-corrected chi connectivity index (χ0v) is 16.9. The molecule has 6 heteroatoms. The predicted molar refractivity (Wildman–Crippen MR) is 109 cm³/mol. The first kappa shape index (κ1) is 19.7. The first-order chi connectivity index (χ1) is 14.0. The lowest BCUT2D eigenvalue weighted by atomic mass is 10.0. The molecule has 2 heterocycles. The Bertz CT molecular complexity index is 871. The van der Waals surface area contributed by atoms with Gasteiger partial charge in [0, 0.05) is 6.04 Å². The van der Waals surface area contributed by atoms with Crippen LogP contribution >= 0.6 is 0 Å². The maximum absolute atomic E-state index is 13.1. The Labute approximate surface area is 170 Å². The van der Waals surface area contributed by atoms with Crippen LogP contribution in [0.4, 0.5) is 4.39 Å². The Kier molecular flexibility index (Phi) is 5.72. The Morgan fingerprint density at radius 2 is 1.83 bits per heavy atom. The molecule has 29 heavy (non-hydrogen) atoms. The fourth-order valence-corrected chi connectivity index (χ4v) is 4.20. The lowest BCUT2D eigenvalue weighted by Gasteiger charge is -2.31.